The number of piperidine rings is 1. The summed E-state index contributed by atoms with van der Waals surface area (Å²) in [5.41, 5.74) is 0. The van der Waals surface area contributed by atoms with E-state index in [0.29, 0.717) is 24.3 Å². The second-order valence-corrected chi connectivity index (χ2v) is 5.08. The Bertz CT molecular complexity index is 204. The first-order valence-corrected chi connectivity index (χ1v) is 6.09. The Balaban J connectivity index is 2.24. The van der Waals surface area contributed by atoms with Crippen LogP contribution in [0, 0.1) is 11.8 Å². The van der Waals surface area contributed by atoms with E-state index in [1.165, 1.54) is 0 Å². The van der Waals surface area contributed by atoms with Gasteiger partial charge in [-0.3, -0.25) is 4.79 Å². The van der Waals surface area contributed by atoms with Crippen molar-refractivity contribution < 1.29 is 4.79 Å². The minimum Gasteiger partial charge on any atom is -0.352 e. The Hall–Kier alpha value is -0.570. The highest BCUT2D eigenvalue weighted by Crippen LogP contribution is 2.12. The van der Waals surface area contributed by atoms with Crippen LogP contribution < -0.4 is 10.6 Å². The van der Waals surface area contributed by atoms with E-state index in [1.54, 1.807) is 0 Å². The lowest BCUT2D eigenvalue weighted by Gasteiger charge is -2.30. The average molecular weight is 212 g/mol. The molecule has 0 aliphatic carbocycles. The number of hydrogen-bond donors (Lipinski definition) is 2. The van der Waals surface area contributed by atoms with Gasteiger partial charge >= 0.3 is 0 Å². The summed E-state index contributed by atoms with van der Waals surface area (Å²) in [4.78, 5) is 11.6. The Morgan fingerprint density at radius 2 is 2.27 bits per heavy atom. The minimum atomic E-state index is 0.212. The van der Waals surface area contributed by atoms with Crippen LogP contribution in [0.2, 0.25) is 0 Å². The molecule has 15 heavy (non-hydrogen) atoms. The highest BCUT2D eigenvalue weighted by molar-refractivity contribution is 5.76. The van der Waals surface area contributed by atoms with Gasteiger partial charge in [-0.05, 0) is 31.2 Å². The normalized spacial score (nSPS) is 26.7. The SMILES string of the molecule is CC(C)CCC(=O)NC1CNCCC1C. The van der Waals surface area contributed by atoms with E-state index in [4.69, 9.17) is 0 Å². The van der Waals surface area contributed by atoms with E-state index in [2.05, 4.69) is 31.4 Å². The molecule has 1 aliphatic rings. The number of hydrogen-bond acceptors (Lipinski definition) is 2. The van der Waals surface area contributed by atoms with Crippen LogP contribution in [0.3, 0.4) is 0 Å². The molecule has 0 spiro atoms. The molecule has 3 heteroatoms. The molecule has 0 saturated carbocycles. The summed E-state index contributed by atoms with van der Waals surface area (Å²) < 4.78 is 0. The summed E-state index contributed by atoms with van der Waals surface area (Å²) in [6.45, 7) is 8.53. The second-order valence-electron chi connectivity index (χ2n) is 5.08. The fourth-order valence-electron chi connectivity index (χ4n) is 1.88. The molecule has 2 atom stereocenters. The van der Waals surface area contributed by atoms with E-state index in [0.717, 1.165) is 25.9 Å². The van der Waals surface area contributed by atoms with Gasteiger partial charge in [0.05, 0.1) is 0 Å². The molecule has 3 nitrogen and oxygen atoms in total. The first kappa shape index (κ1) is 12.5. The summed E-state index contributed by atoms with van der Waals surface area (Å²) >= 11 is 0. The van der Waals surface area contributed by atoms with Gasteiger partial charge in [0.15, 0.2) is 0 Å². The fourth-order valence-corrected chi connectivity index (χ4v) is 1.88. The summed E-state index contributed by atoms with van der Waals surface area (Å²) in [5.74, 6) is 1.43. The summed E-state index contributed by atoms with van der Waals surface area (Å²) in [7, 11) is 0. The number of nitrogens with one attached hydrogen (secondary N) is 2. The molecule has 0 aromatic rings. The molecule has 0 bridgehead atoms. The van der Waals surface area contributed by atoms with Gasteiger partial charge < -0.3 is 10.6 Å². The fraction of sp³-hybridized carbons (Fsp3) is 0.917. The lowest BCUT2D eigenvalue weighted by Crippen LogP contribution is -2.50. The Labute approximate surface area is 93.0 Å². The van der Waals surface area contributed by atoms with Crippen molar-refractivity contribution in [2.75, 3.05) is 13.1 Å². The predicted octanol–water partition coefficient (Wildman–Crippen LogP) is 1.54. The molecular formula is C12H24N2O. The van der Waals surface area contributed by atoms with Crippen molar-refractivity contribution in [3.05, 3.63) is 0 Å². The molecule has 0 aromatic carbocycles. The number of carbonyl (C=O) groups is 1. The van der Waals surface area contributed by atoms with Gasteiger partial charge in [-0.1, -0.05) is 20.8 Å². The lowest BCUT2D eigenvalue weighted by molar-refractivity contribution is -0.122. The molecule has 2 N–H and O–H groups in total. The Morgan fingerprint density at radius 3 is 2.87 bits per heavy atom. The summed E-state index contributed by atoms with van der Waals surface area (Å²) in [6, 6.07) is 0.332. The van der Waals surface area contributed by atoms with E-state index < -0.39 is 0 Å². The smallest absolute Gasteiger partial charge is 0.220 e. The number of amides is 1. The third-order valence-electron chi connectivity index (χ3n) is 3.12. The molecule has 1 amide bonds. The van der Waals surface area contributed by atoms with E-state index in [9.17, 15) is 4.79 Å². The molecule has 2 unspecified atom stereocenters. The van der Waals surface area contributed by atoms with Gasteiger partial charge in [-0.2, -0.15) is 0 Å². The standard InChI is InChI=1S/C12H24N2O/c1-9(2)4-5-12(15)14-11-8-13-7-6-10(11)3/h9-11,13H,4-8H2,1-3H3,(H,14,15). The van der Waals surface area contributed by atoms with Crippen molar-refractivity contribution >= 4 is 5.91 Å². The molecule has 0 aromatic heterocycles. The lowest BCUT2D eigenvalue weighted by atomic mass is 9.94. The van der Waals surface area contributed by atoms with Crippen molar-refractivity contribution in [1.29, 1.82) is 0 Å². The van der Waals surface area contributed by atoms with Gasteiger partial charge in [0.1, 0.15) is 0 Å². The zero-order valence-corrected chi connectivity index (χ0v) is 10.2. The van der Waals surface area contributed by atoms with Crippen LogP contribution in [0.1, 0.15) is 40.0 Å². The van der Waals surface area contributed by atoms with Crippen LogP contribution in [-0.4, -0.2) is 25.0 Å². The molecule has 1 aliphatic heterocycles. The van der Waals surface area contributed by atoms with Gasteiger partial charge in [0, 0.05) is 19.0 Å². The van der Waals surface area contributed by atoms with E-state index in [-0.39, 0.29) is 5.91 Å². The number of carbonyl (C=O) groups excluding carboxylic acids is 1. The van der Waals surface area contributed by atoms with Crippen molar-refractivity contribution in [2.24, 2.45) is 11.8 Å². The van der Waals surface area contributed by atoms with Crippen molar-refractivity contribution in [1.82, 2.24) is 10.6 Å². The van der Waals surface area contributed by atoms with Crippen LogP contribution in [0.15, 0.2) is 0 Å². The quantitative estimate of drug-likeness (QED) is 0.742. The topological polar surface area (TPSA) is 41.1 Å². The van der Waals surface area contributed by atoms with Gasteiger partial charge in [0.25, 0.3) is 0 Å². The minimum absolute atomic E-state index is 0.212. The largest absolute Gasteiger partial charge is 0.352 e. The monoisotopic (exact) mass is 212 g/mol. The summed E-state index contributed by atoms with van der Waals surface area (Å²) in [6.07, 6.45) is 2.82. The first-order valence-electron chi connectivity index (χ1n) is 6.09. The summed E-state index contributed by atoms with van der Waals surface area (Å²) in [5, 5.41) is 6.44. The third kappa shape index (κ3) is 4.65. The first-order chi connectivity index (χ1) is 7.09. The maximum atomic E-state index is 11.6. The van der Waals surface area contributed by atoms with Crippen molar-refractivity contribution in [3.8, 4) is 0 Å². The molecule has 0 radical (unpaired) electrons. The molecule has 1 fully saturated rings. The van der Waals surface area contributed by atoms with Crippen LogP contribution in [0.4, 0.5) is 0 Å². The Kier molecular flexibility index (Phi) is 5.09. The number of rotatable bonds is 4. The molecule has 1 heterocycles. The maximum Gasteiger partial charge on any atom is 0.220 e. The average Bonchev–Trinajstić information content (AvgIpc) is 2.18. The maximum absolute atomic E-state index is 11.6. The van der Waals surface area contributed by atoms with E-state index in [1.807, 2.05) is 0 Å². The highest BCUT2D eigenvalue weighted by atomic mass is 16.1. The zero-order valence-electron chi connectivity index (χ0n) is 10.2. The van der Waals surface area contributed by atoms with Crippen LogP contribution in [0.25, 0.3) is 0 Å². The van der Waals surface area contributed by atoms with Gasteiger partial charge in [-0.15, -0.1) is 0 Å². The zero-order chi connectivity index (χ0) is 11.3. The van der Waals surface area contributed by atoms with Crippen LogP contribution in [-0.2, 0) is 4.79 Å². The van der Waals surface area contributed by atoms with E-state index >= 15 is 0 Å². The Morgan fingerprint density at radius 1 is 1.53 bits per heavy atom. The van der Waals surface area contributed by atoms with Crippen LogP contribution >= 0.6 is 0 Å². The van der Waals surface area contributed by atoms with Crippen LogP contribution in [0.5, 0.6) is 0 Å². The highest BCUT2D eigenvalue weighted by Gasteiger charge is 2.22. The molecule has 1 rings (SSSR count). The second kappa shape index (κ2) is 6.11. The van der Waals surface area contributed by atoms with Gasteiger partial charge in [0.2, 0.25) is 5.91 Å². The molecular weight excluding hydrogens is 188 g/mol. The third-order valence-corrected chi connectivity index (χ3v) is 3.12. The van der Waals surface area contributed by atoms with Crippen molar-refractivity contribution in [2.45, 2.75) is 46.1 Å². The van der Waals surface area contributed by atoms with Gasteiger partial charge in [-0.25, -0.2) is 0 Å². The molecule has 88 valence electrons. The van der Waals surface area contributed by atoms with Crippen molar-refractivity contribution in [3.63, 3.8) is 0 Å². The predicted molar refractivity (Wildman–Crippen MR) is 62.7 cm³/mol. The molecule has 1 saturated heterocycles.